The predicted molar refractivity (Wildman–Crippen MR) is 257 cm³/mol. The summed E-state index contributed by atoms with van der Waals surface area (Å²) in [6.07, 6.45) is -1.05. The van der Waals surface area contributed by atoms with Crippen LogP contribution in [-0.2, 0) is 44.2 Å². The highest BCUT2D eigenvalue weighted by molar-refractivity contribution is 7.94. The van der Waals surface area contributed by atoms with Crippen LogP contribution in [0.3, 0.4) is 0 Å². The fourth-order valence-corrected chi connectivity index (χ4v) is 12.4. The maximum Gasteiger partial charge on any atom is 0.410 e. The van der Waals surface area contributed by atoms with Crippen LogP contribution in [0.5, 0.6) is 17.2 Å². The molecule has 362 valence electrons. The number of sulfone groups is 1. The third kappa shape index (κ3) is 10.2. The van der Waals surface area contributed by atoms with Crippen molar-refractivity contribution in [2.75, 3.05) is 40.2 Å². The number of amides is 1. The SMILES string of the molecule is COc1ccc(CN(Cc2ccc(OC)cc2)S(=O)(=O)c2c(S(=O)(=O)[C@@H]3C[C@@H](CO)N(C(=O)OC(C)(C)C)C3)ccc(-c3cccc4[nH]c(N)nc34)c2-c2nnn(Cc3ccc(OC)cc3)n2)cc1. The number of ether oxygens (including phenoxy) is 4. The summed E-state index contributed by atoms with van der Waals surface area (Å²) in [6, 6.07) is 27.8. The number of aromatic amines is 1. The number of aliphatic hydroxyl groups is 1. The highest BCUT2D eigenvalue weighted by Gasteiger charge is 2.47. The molecule has 0 saturated carbocycles. The summed E-state index contributed by atoms with van der Waals surface area (Å²) in [7, 11) is -5.17. The maximum absolute atomic E-state index is 16.3. The van der Waals surface area contributed by atoms with Crippen molar-refractivity contribution in [3.8, 4) is 39.8 Å². The molecule has 0 bridgehead atoms. The molecule has 0 radical (unpaired) electrons. The molecule has 69 heavy (non-hydrogen) atoms. The molecular weight excluding hydrogens is 927 g/mol. The number of carbonyl (C=O) groups excluding carboxylic acids is 1. The van der Waals surface area contributed by atoms with Gasteiger partial charge in [0.15, 0.2) is 15.8 Å². The molecule has 2 aromatic heterocycles. The zero-order valence-electron chi connectivity index (χ0n) is 38.9. The number of benzene rings is 5. The Morgan fingerprint density at radius 1 is 0.812 bits per heavy atom. The number of anilines is 1. The van der Waals surface area contributed by atoms with Gasteiger partial charge in [-0.1, -0.05) is 54.6 Å². The number of para-hydroxylation sites is 1. The van der Waals surface area contributed by atoms with Gasteiger partial charge in [0.1, 0.15) is 27.7 Å². The molecule has 7 aromatic rings. The lowest BCUT2D eigenvalue weighted by molar-refractivity contribution is 0.0176. The number of sulfonamides is 1. The zero-order valence-corrected chi connectivity index (χ0v) is 40.5. The van der Waals surface area contributed by atoms with Crippen molar-refractivity contribution in [1.82, 2.24) is 39.4 Å². The minimum Gasteiger partial charge on any atom is -0.497 e. The minimum absolute atomic E-state index is 0.0916. The first-order valence-electron chi connectivity index (χ1n) is 21.9. The number of rotatable bonds is 16. The number of imidazole rings is 1. The fraction of sp³-hybridized carbons (Fsp3) is 0.312. The largest absolute Gasteiger partial charge is 0.497 e. The van der Waals surface area contributed by atoms with Gasteiger partial charge in [0, 0.05) is 25.2 Å². The Balaban J connectivity index is 1.39. The standard InChI is InChI=1S/C48H53N9O10S2/c1-48(2,3)67-47(59)56-28-37(24-33(56)29-58)68(60,61)41-23-22-38(39-8-7-9-40-43(39)51-46(49)50-40)42(45-52-54-57(53-45)27-32-14-20-36(66-6)21-15-32)44(41)69(62,63)55(25-30-10-16-34(64-4)17-11-30)26-31-12-18-35(65-5)19-13-31/h7-23,33,37,58H,24-29H2,1-6H3,(H3,49,50,51)/t33-,37+/m0/s1. The highest BCUT2D eigenvalue weighted by Crippen LogP contribution is 2.45. The minimum atomic E-state index is -5.01. The molecule has 1 saturated heterocycles. The van der Waals surface area contributed by atoms with E-state index in [-0.39, 0.29) is 49.0 Å². The number of H-pyrrole nitrogens is 1. The van der Waals surface area contributed by atoms with E-state index in [9.17, 15) is 9.90 Å². The average molecular weight is 980 g/mol. The van der Waals surface area contributed by atoms with Gasteiger partial charge in [-0.25, -0.2) is 26.6 Å². The van der Waals surface area contributed by atoms with Crippen molar-refractivity contribution >= 4 is 42.9 Å². The number of likely N-dealkylation sites (tertiary alicyclic amines) is 1. The topological polar surface area (TPSA) is 247 Å². The number of aliphatic hydroxyl groups excluding tert-OH is 1. The summed E-state index contributed by atoms with van der Waals surface area (Å²) < 4.78 is 86.6. The Bertz CT molecular complexity index is 3140. The summed E-state index contributed by atoms with van der Waals surface area (Å²) in [5.41, 5.74) is 8.43. The second-order valence-electron chi connectivity index (χ2n) is 17.5. The van der Waals surface area contributed by atoms with Crippen molar-refractivity contribution in [3.63, 3.8) is 0 Å². The third-order valence-corrected chi connectivity index (χ3v) is 15.9. The molecule has 0 aliphatic carbocycles. The van der Waals surface area contributed by atoms with Gasteiger partial charge in [-0.05, 0) is 103 Å². The molecule has 1 fully saturated rings. The molecule has 8 rings (SSSR count). The number of fused-ring (bicyclic) bond motifs is 1. The monoisotopic (exact) mass is 979 g/mol. The first kappa shape index (κ1) is 48.4. The van der Waals surface area contributed by atoms with Gasteiger partial charge in [-0.15, -0.1) is 10.2 Å². The summed E-state index contributed by atoms with van der Waals surface area (Å²) >= 11 is 0. The lowest BCUT2D eigenvalue weighted by atomic mass is 9.98. The highest BCUT2D eigenvalue weighted by atomic mass is 32.2. The van der Waals surface area contributed by atoms with Crippen molar-refractivity contribution in [2.24, 2.45) is 0 Å². The van der Waals surface area contributed by atoms with E-state index in [0.717, 1.165) is 5.56 Å². The number of carbonyl (C=O) groups is 1. The van der Waals surface area contributed by atoms with E-state index in [0.29, 0.717) is 45.0 Å². The van der Waals surface area contributed by atoms with Gasteiger partial charge in [0.25, 0.3) is 0 Å². The van der Waals surface area contributed by atoms with Crippen LogP contribution in [0.1, 0.15) is 43.9 Å². The van der Waals surface area contributed by atoms with Gasteiger partial charge in [0.05, 0.1) is 67.3 Å². The number of aromatic nitrogens is 6. The van der Waals surface area contributed by atoms with Gasteiger partial charge in [-0.2, -0.15) is 9.10 Å². The molecule has 0 spiro atoms. The molecule has 0 unspecified atom stereocenters. The van der Waals surface area contributed by atoms with Crippen molar-refractivity contribution < 1.29 is 45.7 Å². The predicted octanol–water partition coefficient (Wildman–Crippen LogP) is 6.07. The second-order valence-corrected chi connectivity index (χ2v) is 21.5. The molecular formula is C48H53N9O10S2. The van der Waals surface area contributed by atoms with Crippen LogP contribution in [-0.4, -0.2) is 119 Å². The molecule has 1 amide bonds. The molecule has 1 aliphatic rings. The average Bonchev–Trinajstić information content (AvgIpc) is 4.09. The van der Waals surface area contributed by atoms with Crippen molar-refractivity contribution in [1.29, 1.82) is 0 Å². The van der Waals surface area contributed by atoms with Crippen LogP contribution in [0.15, 0.2) is 113 Å². The first-order chi connectivity index (χ1) is 32.9. The summed E-state index contributed by atoms with van der Waals surface area (Å²) in [6.45, 7) is 3.69. The molecule has 4 N–H and O–H groups in total. The number of nitrogens with one attached hydrogen (secondary N) is 1. The Morgan fingerprint density at radius 3 is 1.94 bits per heavy atom. The Morgan fingerprint density at radius 2 is 1.39 bits per heavy atom. The van der Waals surface area contributed by atoms with Crippen LogP contribution >= 0.6 is 0 Å². The van der Waals surface area contributed by atoms with E-state index in [1.165, 1.54) is 40.4 Å². The Hall–Kier alpha value is -7.07. The third-order valence-electron chi connectivity index (χ3n) is 11.7. The van der Waals surface area contributed by atoms with Crippen LogP contribution in [0, 0.1) is 0 Å². The number of hydrogen-bond donors (Lipinski definition) is 3. The number of tetrazole rings is 1. The van der Waals surface area contributed by atoms with E-state index < -0.39 is 65.8 Å². The fourth-order valence-electron chi connectivity index (χ4n) is 8.28. The van der Waals surface area contributed by atoms with Crippen molar-refractivity contribution in [2.45, 2.75) is 73.5 Å². The lowest BCUT2D eigenvalue weighted by Crippen LogP contribution is -2.41. The van der Waals surface area contributed by atoms with E-state index in [1.807, 2.05) is 12.1 Å². The molecule has 19 nitrogen and oxygen atoms in total. The second kappa shape index (κ2) is 19.5. The quantitative estimate of drug-likeness (QED) is 0.0994. The molecule has 2 atom stereocenters. The molecule has 5 aromatic carbocycles. The maximum atomic E-state index is 16.3. The van der Waals surface area contributed by atoms with Gasteiger partial charge in [0.2, 0.25) is 15.8 Å². The van der Waals surface area contributed by atoms with E-state index in [2.05, 4.69) is 20.3 Å². The van der Waals surface area contributed by atoms with Gasteiger partial charge >= 0.3 is 6.09 Å². The van der Waals surface area contributed by atoms with E-state index >= 15 is 16.8 Å². The van der Waals surface area contributed by atoms with Crippen LogP contribution < -0.4 is 19.9 Å². The molecule has 1 aliphatic heterocycles. The van der Waals surface area contributed by atoms with E-state index in [4.69, 9.17) is 29.8 Å². The summed E-state index contributed by atoms with van der Waals surface area (Å²) in [5.74, 6) is 1.60. The Labute approximate surface area is 399 Å². The lowest BCUT2D eigenvalue weighted by Gasteiger charge is -2.28. The number of nitrogens with zero attached hydrogens (tertiary/aromatic N) is 7. The number of hydrogen-bond acceptors (Lipinski definition) is 15. The van der Waals surface area contributed by atoms with E-state index in [1.54, 1.807) is 107 Å². The summed E-state index contributed by atoms with van der Waals surface area (Å²) in [4.78, 5) is 22.3. The zero-order chi connectivity index (χ0) is 49.3. The van der Waals surface area contributed by atoms with Crippen LogP contribution in [0.2, 0.25) is 0 Å². The summed E-state index contributed by atoms with van der Waals surface area (Å²) in [5, 5.41) is 22.7. The Kier molecular flexibility index (Phi) is 13.7. The van der Waals surface area contributed by atoms with Gasteiger partial charge < -0.3 is 39.7 Å². The van der Waals surface area contributed by atoms with Crippen LogP contribution in [0.25, 0.3) is 33.5 Å². The van der Waals surface area contributed by atoms with Crippen molar-refractivity contribution in [3.05, 3.63) is 120 Å². The molecule has 21 heteroatoms. The first-order valence-corrected chi connectivity index (χ1v) is 24.8. The number of methoxy groups -OCH3 is 3. The molecule has 3 heterocycles. The van der Waals surface area contributed by atoms with Crippen LogP contribution in [0.4, 0.5) is 10.7 Å². The number of nitrogen functional groups attached to an aromatic ring is 1. The number of nitrogens with two attached hydrogens (primary N) is 1. The van der Waals surface area contributed by atoms with Gasteiger partial charge in [-0.3, -0.25) is 0 Å². The normalized spacial score (nSPS) is 15.4. The smallest absolute Gasteiger partial charge is 0.410 e.